The Hall–Kier alpha value is -2.83. The lowest BCUT2D eigenvalue weighted by Gasteiger charge is -2.33. The van der Waals surface area contributed by atoms with Gasteiger partial charge < -0.3 is 14.8 Å². The van der Waals surface area contributed by atoms with Crippen LogP contribution >= 0.6 is 0 Å². The Morgan fingerprint density at radius 1 is 1.38 bits per heavy atom. The van der Waals surface area contributed by atoms with Crippen LogP contribution in [0, 0.1) is 5.92 Å². The predicted octanol–water partition coefficient (Wildman–Crippen LogP) is 3.20. The number of nitrogens with zero attached hydrogens (tertiary/aromatic N) is 3. The molecule has 7 nitrogen and oxygen atoms in total. The molecule has 26 heavy (non-hydrogen) atoms. The molecule has 7 heteroatoms. The molecule has 1 aliphatic heterocycles. The van der Waals surface area contributed by atoms with Gasteiger partial charge >= 0.3 is 0 Å². The van der Waals surface area contributed by atoms with Crippen molar-refractivity contribution in [2.45, 2.75) is 32.7 Å². The fourth-order valence-corrected chi connectivity index (χ4v) is 3.21. The number of carbonyl (C=O) groups excluding carboxylic acids is 1. The Bertz CT molecular complexity index is 815. The monoisotopic (exact) mass is 356 g/mol. The van der Waals surface area contributed by atoms with Crippen LogP contribution in [0.4, 0.5) is 5.95 Å². The number of rotatable bonds is 7. The maximum atomic E-state index is 12.3. The molecule has 0 radical (unpaired) electrons. The van der Waals surface area contributed by atoms with Crippen LogP contribution in [0.2, 0.25) is 0 Å². The number of carbonyl (C=O) groups is 1. The number of ketones is 1. The molecule has 1 aromatic carbocycles. The third-order valence-electron chi connectivity index (χ3n) is 4.52. The van der Waals surface area contributed by atoms with Gasteiger partial charge in [-0.25, -0.2) is 4.68 Å². The standard InChI is InChI=1S/C19H24N4O3/c1-5-6-9-26-15-8-7-14(10-16(15)25-4)18-17(13(3)24)12(2)22-19-20-11-21-23(18)19/h7-8,10-11,17-18H,2,5-6,9H2,1,3-4H3,(H,20,21,22)/t17-,18-/m0/s1. The molecule has 1 aromatic heterocycles. The normalized spacial score (nSPS) is 18.8. The Morgan fingerprint density at radius 2 is 2.19 bits per heavy atom. The van der Waals surface area contributed by atoms with Crippen LogP contribution in [-0.2, 0) is 4.79 Å². The highest BCUT2D eigenvalue weighted by Crippen LogP contribution is 2.40. The molecule has 2 heterocycles. The van der Waals surface area contributed by atoms with Gasteiger partial charge in [0, 0.05) is 5.70 Å². The number of Topliss-reactive ketones (excluding diaryl/α,β-unsaturated/α-hetero) is 1. The fraction of sp³-hybridized carbons (Fsp3) is 0.421. The maximum absolute atomic E-state index is 12.3. The van der Waals surface area contributed by atoms with E-state index in [4.69, 9.17) is 9.47 Å². The summed E-state index contributed by atoms with van der Waals surface area (Å²) in [5.74, 6) is 1.46. The summed E-state index contributed by atoms with van der Waals surface area (Å²) < 4.78 is 13.0. The van der Waals surface area contributed by atoms with Crippen molar-refractivity contribution >= 4 is 11.7 Å². The number of ether oxygens (including phenoxy) is 2. The number of anilines is 1. The van der Waals surface area contributed by atoms with Gasteiger partial charge in [-0.2, -0.15) is 10.1 Å². The molecule has 1 N–H and O–H groups in total. The van der Waals surface area contributed by atoms with Crippen molar-refractivity contribution in [3.05, 3.63) is 42.4 Å². The van der Waals surface area contributed by atoms with E-state index in [0.717, 1.165) is 18.4 Å². The first-order valence-corrected chi connectivity index (χ1v) is 8.73. The molecule has 3 rings (SSSR count). The summed E-state index contributed by atoms with van der Waals surface area (Å²) in [6.07, 6.45) is 3.51. The molecule has 0 unspecified atom stereocenters. The molecule has 0 spiro atoms. The summed E-state index contributed by atoms with van der Waals surface area (Å²) in [4.78, 5) is 16.5. The number of aromatic nitrogens is 3. The van der Waals surface area contributed by atoms with Gasteiger partial charge in [0.15, 0.2) is 11.5 Å². The molecule has 138 valence electrons. The topological polar surface area (TPSA) is 78.3 Å². The van der Waals surface area contributed by atoms with Crippen LogP contribution in [0.15, 0.2) is 36.8 Å². The number of allylic oxidation sites excluding steroid dienone is 1. The summed E-state index contributed by atoms with van der Waals surface area (Å²) in [5, 5.41) is 7.36. The van der Waals surface area contributed by atoms with E-state index in [1.807, 2.05) is 18.2 Å². The highest BCUT2D eigenvalue weighted by Gasteiger charge is 2.37. The third kappa shape index (κ3) is 3.29. The summed E-state index contributed by atoms with van der Waals surface area (Å²) in [6.45, 7) is 8.33. The average Bonchev–Trinajstić information content (AvgIpc) is 3.08. The molecule has 2 atom stereocenters. The number of fused-ring (bicyclic) bond motifs is 1. The second-order valence-corrected chi connectivity index (χ2v) is 6.32. The van der Waals surface area contributed by atoms with Crippen LogP contribution in [0.1, 0.15) is 38.3 Å². The Labute approximate surface area is 153 Å². The van der Waals surface area contributed by atoms with Crippen molar-refractivity contribution in [3.8, 4) is 11.5 Å². The lowest BCUT2D eigenvalue weighted by Crippen LogP contribution is -2.36. The Kier molecular flexibility index (Phi) is 5.25. The lowest BCUT2D eigenvalue weighted by molar-refractivity contribution is -0.120. The lowest BCUT2D eigenvalue weighted by atomic mass is 9.86. The minimum atomic E-state index is -0.444. The summed E-state index contributed by atoms with van der Waals surface area (Å²) in [7, 11) is 1.61. The van der Waals surface area contributed by atoms with Crippen molar-refractivity contribution < 1.29 is 14.3 Å². The second kappa shape index (κ2) is 7.59. The maximum Gasteiger partial charge on any atom is 0.226 e. The van der Waals surface area contributed by atoms with Gasteiger partial charge in [0.05, 0.1) is 25.7 Å². The number of methoxy groups -OCH3 is 1. The summed E-state index contributed by atoms with van der Waals surface area (Å²) in [6, 6.07) is 5.38. The molecular formula is C19H24N4O3. The van der Waals surface area contributed by atoms with Gasteiger partial charge in [0.1, 0.15) is 12.1 Å². The van der Waals surface area contributed by atoms with E-state index in [-0.39, 0.29) is 11.8 Å². The van der Waals surface area contributed by atoms with Gasteiger partial charge in [-0.1, -0.05) is 26.0 Å². The van der Waals surface area contributed by atoms with Crippen molar-refractivity contribution in [2.75, 3.05) is 19.0 Å². The minimum Gasteiger partial charge on any atom is -0.493 e. The zero-order valence-corrected chi connectivity index (χ0v) is 15.4. The van der Waals surface area contributed by atoms with Crippen LogP contribution in [0.3, 0.4) is 0 Å². The molecule has 0 aliphatic carbocycles. The number of benzene rings is 1. The average molecular weight is 356 g/mol. The molecule has 1 aliphatic rings. The Balaban J connectivity index is 2.00. The van der Waals surface area contributed by atoms with Gasteiger partial charge in [0.2, 0.25) is 5.95 Å². The molecule has 0 saturated carbocycles. The quantitative estimate of drug-likeness (QED) is 0.768. The smallest absolute Gasteiger partial charge is 0.226 e. The molecular weight excluding hydrogens is 332 g/mol. The summed E-state index contributed by atoms with van der Waals surface area (Å²) in [5.41, 5.74) is 1.50. The minimum absolute atomic E-state index is 0.0101. The molecule has 2 aromatic rings. The van der Waals surface area contributed by atoms with E-state index in [9.17, 15) is 4.79 Å². The van der Waals surface area contributed by atoms with E-state index in [0.29, 0.717) is 29.8 Å². The zero-order chi connectivity index (χ0) is 18.7. The van der Waals surface area contributed by atoms with Gasteiger partial charge in [-0.05, 0) is 31.0 Å². The largest absolute Gasteiger partial charge is 0.493 e. The van der Waals surface area contributed by atoms with Crippen molar-refractivity contribution in [2.24, 2.45) is 5.92 Å². The number of hydrogen-bond acceptors (Lipinski definition) is 6. The van der Waals surface area contributed by atoms with E-state index in [1.54, 1.807) is 18.7 Å². The number of nitrogens with one attached hydrogen (secondary N) is 1. The first kappa shape index (κ1) is 18.0. The van der Waals surface area contributed by atoms with Gasteiger partial charge in [-0.15, -0.1) is 0 Å². The van der Waals surface area contributed by atoms with Crippen LogP contribution in [-0.4, -0.2) is 34.3 Å². The predicted molar refractivity (Wildman–Crippen MR) is 98.5 cm³/mol. The second-order valence-electron chi connectivity index (χ2n) is 6.32. The highest BCUT2D eigenvalue weighted by atomic mass is 16.5. The van der Waals surface area contributed by atoms with E-state index < -0.39 is 5.92 Å². The van der Waals surface area contributed by atoms with E-state index in [2.05, 4.69) is 28.9 Å². The zero-order valence-electron chi connectivity index (χ0n) is 15.4. The molecule has 0 bridgehead atoms. The molecule has 0 saturated heterocycles. The summed E-state index contributed by atoms with van der Waals surface area (Å²) >= 11 is 0. The number of unbranched alkanes of at least 4 members (excludes halogenated alkanes) is 1. The highest BCUT2D eigenvalue weighted by molar-refractivity contribution is 5.83. The number of hydrogen-bond donors (Lipinski definition) is 1. The van der Waals surface area contributed by atoms with Gasteiger partial charge in [0.25, 0.3) is 0 Å². The molecule has 0 amide bonds. The fourth-order valence-electron chi connectivity index (χ4n) is 3.21. The first-order chi connectivity index (χ1) is 12.6. The van der Waals surface area contributed by atoms with E-state index in [1.165, 1.54) is 6.33 Å². The van der Waals surface area contributed by atoms with Gasteiger partial charge in [-0.3, -0.25) is 4.79 Å². The van der Waals surface area contributed by atoms with Crippen molar-refractivity contribution in [1.82, 2.24) is 14.8 Å². The molecule has 0 fully saturated rings. The van der Waals surface area contributed by atoms with Crippen LogP contribution in [0.25, 0.3) is 0 Å². The van der Waals surface area contributed by atoms with Crippen LogP contribution < -0.4 is 14.8 Å². The SMILES string of the molecule is C=C1Nc2ncnn2[C@@H](c2ccc(OCCCC)c(OC)c2)[C@@H]1C(C)=O. The third-order valence-corrected chi connectivity index (χ3v) is 4.52. The van der Waals surface area contributed by atoms with Crippen molar-refractivity contribution in [3.63, 3.8) is 0 Å². The van der Waals surface area contributed by atoms with Crippen LogP contribution in [0.5, 0.6) is 11.5 Å². The van der Waals surface area contributed by atoms with E-state index >= 15 is 0 Å². The first-order valence-electron chi connectivity index (χ1n) is 8.73. The Morgan fingerprint density at radius 3 is 2.88 bits per heavy atom. The van der Waals surface area contributed by atoms with Crippen molar-refractivity contribution in [1.29, 1.82) is 0 Å².